The lowest BCUT2D eigenvalue weighted by atomic mass is 10.2. The van der Waals surface area contributed by atoms with Crippen molar-refractivity contribution >= 4 is 11.9 Å². The highest BCUT2D eigenvalue weighted by Gasteiger charge is 2.13. The van der Waals surface area contributed by atoms with Gasteiger partial charge in [0.2, 0.25) is 0 Å². The highest BCUT2D eigenvalue weighted by atomic mass is 16.6. The molecule has 0 aromatic rings. The number of ether oxygens (including phenoxy) is 2. The molecule has 0 heterocycles. The van der Waals surface area contributed by atoms with Gasteiger partial charge in [0.05, 0.1) is 18.8 Å². The molecule has 7 nitrogen and oxygen atoms in total. The minimum Gasteiger partial charge on any atom is -0.462 e. The first kappa shape index (κ1) is 31.3. The molecule has 3 atom stereocenters. The van der Waals surface area contributed by atoms with Gasteiger partial charge in [-0.25, -0.2) is 0 Å². The minimum atomic E-state index is -0.836. The number of hydrogen-bond acceptors (Lipinski definition) is 7. The van der Waals surface area contributed by atoms with Gasteiger partial charge in [-0.2, -0.15) is 0 Å². The predicted molar refractivity (Wildman–Crippen MR) is 134 cm³/mol. The summed E-state index contributed by atoms with van der Waals surface area (Å²) in [6.07, 6.45) is 23.7. The Morgan fingerprint density at radius 2 is 1.44 bits per heavy atom. The topological polar surface area (TPSA) is 113 Å². The summed E-state index contributed by atoms with van der Waals surface area (Å²) in [6.45, 7) is 2.71. The molecule has 0 aliphatic rings. The second-order valence-electron chi connectivity index (χ2n) is 7.45. The van der Waals surface area contributed by atoms with Crippen LogP contribution in [0.25, 0.3) is 0 Å². The highest BCUT2D eigenvalue weighted by Crippen LogP contribution is 2.02. The number of aliphatic hydroxyl groups is 3. The molecular weight excluding hydrogens is 436 g/mol. The van der Waals surface area contributed by atoms with Gasteiger partial charge < -0.3 is 24.8 Å². The molecule has 7 heteroatoms. The van der Waals surface area contributed by atoms with E-state index in [1.165, 1.54) is 6.92 Å². The zero-order valence-electron chi connectivity index (χ0n) is 20.3. The van der Waals surface area contributed by atoms with Gasteiger partial charge in [0, 0.05) is 13.3 Å². The van der Waals surface area contributed by atoms with Gasteiger partial charge in [0.25, 0.3) is 0 Å². The maximum absolute atomic E-state index is 11.6. The van der Waals surface area contributed by atoms with Crippen molar-refractivity contribution in [3.63, 3.8) is 0 Å². The van der Waals surface area contributed by atoms with E-state index in [9.17, 15) is 19.8 Å². The van der Waals surface area contributed by atoms with Crippen molar-refractivity contribution in [2.24, 2.45) is 0 Å². The number of carbonyl (C=O) groups excluding carboxylic acids is 2. The summed E-state index contributed by atoms with van der Waals surface area (Å²) in [6, 6.07) is 0. The van der Waals surface area contributed by atoms with Gasteiger partial charge >= 0.3 is 11.9 Å². The molecule has 0 amide bonds. The highest BCUT2D eigenvalue weighted by molar-refractivity contribution is 5.69. The maximum Gasteiger partial charge on any atom is 0.306 e. The van der Waals surface area contributed by atoms with E-state index >= 15 is 0 Å². The third-order valence-electron chi connectivity index (χ3n) is 4.24. The van der Waals surface area contributed by atoms with Crippen LogP contribution in [0.4, 0.5) is 0 Å². The van der Waals surface area contributed by atoms with Crippen molar-refractivity contribution in [2.75, 3.05) is 13.2 Å². The van der Waals surface area contributed by atoms with Crippen LogP contribution in [-0.4, -0.2) is 58.8 Å². The molecule has 3 N–H and O–H groups in total. The normalized spacial score (nSPS) is 15.3. The first-order valence-corrected chi connectivity index (χ1v) is 11.6. The summed E-state index contributed by atoms with van der Waals surface area (Å²) < 4.78 is 9.75. The number of esters is 2. The summed E-state index contributed by atoms with van der Waals surface area (Å²) in [5.74, 6) is -0.965. The van der Waals surface area contributed by atoms with Crippen LogP contribution < -0.4 is 0 Å². The van der Waals surface area contributed by atoms with Crippen molar-refractivity contribution in [2.45, 2.75) is 70.7 Å². The third kappa shape index (κ3) is 21.1. The van der Waals surface area contributed by atoms with Crippen LogP contribution in [0.15, 0.2) is 72.9 Å². The monoisotopic (exact) mass is 476 g/mol. The summed E-state index contributed by atoms with van der Waals surface area (Å²) in [4.78, 5) is 22.5. The SMILES string of the molecule is CC/C=C\C[C@@H](O)/C=C/C=C\C=C\[C@@H](O)C/C=C\C/C=C\CCC(=O)OC[C@H](CO)OC(C)=O. The molecule has 0 aliphatic carbocycles. The van der Waals surface area contributed by atoms with Gasteiger partial charge in [0.1, 0.15) is 6.61 Å². The van der Waals surface area contributed by atoms with E-state index in [0.717, 1.165) is 6.42 Å². The van der Waals surface area contributed by atoms with Crippen LogP contribution in [0.5, 0.6) is 0 Å². The van der Waals surface area contributed by atoms with Crippen LogP contribution in [0.2, 0.25) is 0 Å². The van der Waals surface area contributed by atoms with E-state index in [-0.39, 0.29) is 13.0 Å². The lowest BCUT2D eigenvalue weighted by Gasteiger charge is -2.14. The third-order valence-corrected chi connectivity index (χ3v) is 4.24. The molecule has 0 spiro atoms. The molecule has 0 aromatic carbocycles. The summed E-state index contributed by atoms with van der Waals surface area (Å²) in [7, 11) is 0. The first-order valence-electron chi connectivity index (χ1n) is 11.6. The molecule has 0 aromatic heterocycles. The second-order valence-corrected chi connectivity index (χ2v) is 7.45. The Bertz CT molecular complexity index is 716. The summed E-state index contributed by atoms with van der Waals surface area (Å²) >= 11 is 0. The maximum atomic E-state index is 11.6. The smallest absolute Gasteiger partial charge is 0.306 e. The Morgan fingerprint density at radius 3 is 2.00 bits per heavy atom. The molecule has 0 bridgehead atoms. The zero-order valence-corrected chi connectivity index (χ0v) is 20.3. The van der Waals surface area contributed by atoms with Crippen LogP contribution >= 0.6 is 0 Å². The molecular formula is C27H40O7. The van der Waals surface area contributed by atoms with Gasteiger partial charge in [0.15, 0.2) is 6.10 Å². The first-order chi connectivity index (χ1) is 16.4. The van der Waals surface area contributed by atoms with E-state index in [1.807, 2.05) is 43.4 Å². The van der Waals surface area contributed by atoms with E-state index in [1.54, 1.807) is 36.5 Å². The minimum absolute atomic E-state index is 0.162. The molecule has 0 rings (SSSR count). The van der Waals surface area contributed by atoms with Crippen molar-refractivity contribution in [1.29, 1.82) is 0 Å². The standard InChI is InChI=1S/C27H40O7/c1-3-4-11-16-24(30)18-13-9-10-14-19-25(31)17-12-7-5-6-8-15-20-27(32)33-22-26(21-28)34-23(2)29/h4,6-14,18-19,24-26,28,30-31H,3,5,15-17,20-22H2,1-2H3/b8-6-,10-9-,11-4-,12-7-,18-13+,19-14+/t24-,25+,26+/m1/s1. The summed E-state index contributed by atoms with van der Waals surface area (Å²) in [5, 5.41) is 28.7. The predicted octanol–water partition coefficient (Wildman–Crippen LogP) is 3.87. The second kappa shape index (κ2) is 22.1. The fourth-order valence-electron chi connectivity index (χ4n) is 2.52. The number of allylic oxidation sites excluding steroid dienone is 8. The Hall–Kier alpha value is -2.74. The Balaban J connectivity index is 3.93. The number of aliphatic hydroxyl groups excluding tert-OH is 3. The average molecular weight is 477 g/mol. The van der Waals surface area contributed by atoms with E-state index < -0.39 is 36.9 Å². The molecule has 0 saturated carbocycles. The lowest BCUT2D eigenvalue weighted by Crippen LogP contribution is -2.27. The molecule has 190 valence electrons. The van der Waals surface area contributed by atoms with Crippen LogP contribution in [-0.2, 0) is 19.1 Å². The molecule has 0 aliphatic heterocycles. The zero-order chi connectivity index (χ0) is 25.4. The number of rotatable bonds is 18. The number of carbonyl (C=O) groups is 2. The van der Waals surface area contributed by atoms with Gasteiger partial charge in [-0.15, -0.1) is 0 Å². The van der Waals surface area contributed by atoms with E-state index in [2.05, 4.69) is 0 Å². The van der Waals surface area contributed by atoms with Crippen molar-refractivity contribution < 1.29 is 34.4 Å². The van der Waals surface area contributed by atoms with Crippen LogP contribution in [0, 0.1) is 0 Å². The van der Waals surface area contributed by atoms with Crippen LogP contribution in [0.3, 0.4) is 0 Å². The van der Waals surface area contributed by atoms with Gasteiger partial charge in [-0.1, -0.05) is 79.8 Å². The van der Waals surface area contributed by atoms with Crippen molar-refractivity contribution in [3.8, 4) is 0 Å². The average Bonchev–Trinajstić information content (AvgIpc) is 2.80. The van der Waals surface area contributed by atoms with Gasteiger partial charge in [-0.3, -0.25) is 9.59 Å². The fourth-order valence-corrected chi connectivity index (χ4v) is 2.52. The number of hydrogen-bond donors (Lipinski definition) is 3. The van der Waals surface area contributed by atoms with Crippen molar-refractivity contribution in [1.82, 2.24) is 0 Å². The fraction of sp³-hybridized carbons (Fsp3) is 0.481. The molecule has 0 saturated heterocycles. The molecule has 0 fully saturated rings. The Labute approximate surface area is 203 Å². The molecule has 0 radical (unpaired) electrons. The molecule has 0 unspecified atom stereocenters. The van der Waals surface area contributed by atoms with Gasteiger partial charge in [-0.05, 0) is 32.1 Å². The van der Waals surface area contributed by atoms with E-state index in [0.29, 0.717) is 25.7 Å². The van der Waals surface area contributed by atoms with E-state index in [4.69, 9.17) is 14.6 Å². The summed E-state index contributed by atoms with van der Waals surface area (Å²) in [5.41, 5.74) is 0. The Kier molecular flexibility index (Phi) is 20.3. The molecule has 34 heavy (non-hydrogen) atoms. The van der Waals surface area contributed by atoms with Crippen LogP contribution in [0.1, 0.15) is 52.4 Å². The van der Waals surface area contributed by atoms with Crippen molar-refractivity contribution in [3.05, 3.63) is 72.9 Å². The largest absolute Gasteiger partial charge is 0.462 e. The Morgan fingerprint density at radius 1 is 0.853 bits per heavy atom. The quantitative estimate of drug-likeness (QED) is 0.156. The lowest BCUT2D eigenvalue weighted by molar-refractivity contribution is -0.159.